The third-order valence-corrected chi connectivity index (χ3v) is 2.32. The van der Waals surface area contributed by atoms with Crippen molar-refractivity contribution < 1.29 is 9.53 Å². The van der Waals surface area contributed by atoms with Crippen LogP contribution in [0.15, 0.2) is 33.7 Å². The third-order valence-electron chi connectivity index (χ3n) is 1.48. The number of hydrogen-bond acceptors (Lipinski definition) is 2. The van der Waals surface area contributed by atoms with Gasteiger partial charge in [-0.25, -0.2) is 0 Å². The van der Waals surface area contributed by atoms with E-state index in [2.05, 4.69) is 38.4 Å². The largest absolute Gasteiger partial charge is 0.487 e. The van der Waals surface area contributed by atoms with Gasteiger partial charge in [-0.15, -0.1) is 0 Å². The van der Waals surface area contributed by atoms with Crippen molar-refractivity contribution in [2.75, 3.05) is 6.61 Å². The lowest BCUT2D eigenvalue weighted by Crippen LogP contribution is -1.97. The first-order valence-electron chi connectivity index (χ1n) is 3.84. The summed E-state index contributed by atoms with van der Waals surface area (Å²) in [5, 5.41) is 0. The van der Waals surface area contributed by atoms with Gasteiger partial charge in [-0.1, -0.05) is 22.5 Å². The van der Waals surface area contributed by atoms with Gasteiger partial charge in [0.05, 0.1) is 4.47 Å². The van der Waals surface area contributed by atoms with Crippen LogP contribution in [-0.2, 0) is 0 Å². The van der Waals surface area contributed by atoms with Crippen LogP contribution >= 0.6 is 31.9 Å². The lowest BCUT2D eigenvalue weighted by molar-refractivity contribution is 0.112. The van der Waals surface area contributed by atoms with Crippen LogP contribution in [0.25, 0.3) is 0 Å². The molecule has 0 bridgehead atoms. The van der Waals surface area contributed by atoms with Gasteiger partial charge in [-0.2, -0.15) is 0 Å². The average Bonchev–Trinajstić information content (AvgIpc) is 2.15. The topological polar surface area (TPSA) is 26.3 Å². The first-order chi connectivity index (χ1) is 6.63. The number of ether oxygens (including phenoxy) is 1. The molecule has 4 heteroatoms. The maximum atomic E-state index is 10.5. The summed E-state index contributed by atoms with van der Waals surface area (Å²) in [6.45, 7) is 4.06. The Bertz CT molecular complexity index is 361. The highest BCUT2D eigenvalue weighted by Crippen LogP contribution is 2.26. The van der Waals surface area contributed by atoms with E-state index in [1.807, 2.05) is 0 Å². The molecule has 0 heterocycles. The van der Waals surface area contributed by atoms with Gasteiger partial charge in [-0.05, 0) is 34.1 Å². The molecule has 0 atom stereocenters. The number of carbonyl (C=O) groups is 1. The predicted octanol–water partition coefficient (Wildman–Crippen LogP) is 3.55. The Kier molecular flexibility index (Phi) is 4.35. The molecule has 0 aromatic heterocycles. The fourth-order valence-electron chi connectivity index (χ4n) is 0.864. The summed E-state index contributed by atoms with van der Waals surface area (Å²) in [7, 11) is 0. The smallest absolute Gasteiger partial charge is 0.150 e. The zero-order valence-corrected chi connectivity index (χ0v) is 10.5. The van der Waals surface area contributed by atoms with Crippen LogP contribution in [0.1, 0.15) is 10.4 Å². The second-order valence-corrected chi connectivity index (χ2v) is 4.59. The van der Waals surface area contributed by atoms with Crippen LogP contribution < -0.4 is 4.74 Å². The highest BCUT2D eigenvalue weighted by Gasteiger charge is 2.02. The number of carbonyl (C=O) groups excluding carboxylic acids is 1. The highest BCUT2D eigenvalue weighted by atomic mass is 79.9. The first-order valence-corrected chi connectivity index (χ1v) is 5.43. The molecule has 0 unspecified atom stereocenters. The normalized spacial score (nSPS) is 9.57. The Morgan fingerprint density at radius 2 is 2.29 bits per heavy atom. The minimum Gasteiger partial charge on any atom is -0.487 e. The fraction of sp³-hybridized carbons (Fsp3) is 0.100. The van der Waals surface area contributed by atoms with Gasteiger partial charge in [0.1, 0.15) is 18.6 Å². The first kappa shape index (κ1) is 11.5. The van der Waals surface area contributed by atoms with E-state index in [1.54, 1.807) is 18.2 Å². The summed E-state index contributed by atoms with van der Waals surface area (Å²) < 4.78 is 6.92. The van der Waals surface area contributed by atoms with E-state index in [1.165, 1.54) is 0 Å². The zero-order chi connectivity index (χ0) is 10.6. The summed E-state index contributed by atoms with van der Waals surface area (Å²) in [4.78, 5) is 10.5. The van der Waals surface area contributed by atoms with Gasteiger partial charge < -0.3 is 4.74 Å². The van der Waals surface area contributed by atoms with Crippen molar-refractivity contribution in [3.8, 4) is 5.75 Å². The van der Waals surface area contributed by atoms with Crippen molar-refractivity contribution in [3.63, 3.8) is 0 Å². The molecule has 0 saturated carbocycles. The molecule has 0 radical (unpaired) electrons. The standard InChI is InChI=1S/C10H8Br2O2/c1-7(11)6-14-10-3-2-8(5-13)4-9(10)12/h2-5H,1,6H2. The molecule has 1 aromatic rings. The van der Waals surface area contributed by atoms with Crippen molar-refractivity contribution in [1.29, 1.82) is 0 Å². The van der Waals surface area contributed by atoms with Crippen molar-refractivity contribution >= 4 is 38.1 Å². The lowest BCUT2D eigenvalue weighted by atomic mass is 10.2. The number of benzene rings is 1. The Hall–Kier alpha value is -0.610. The van der Waals surface area contributed by atoms with E-state index in [4.69, 9.17) is 4.74 Å². The van der Waals surface area contributed by atoms with Crippen molar-refractivity contribution in [2.45, 2.75) is 0 Å². The van der Waals surface area contributed by atoms with Crippen molar-refractivity contribution in [3.05, 3.63) is 39.3 Å². The maximum absolute atomic E-state index is 10.5. The van der Waals surface area contributed by atoms with E-state index < -0.39 is 0 Å². The van der Waals surface area contributed by atoms with E-state index in [9.17, 15) is 4.79 Å². The molecule has 1 aromatic carbocycles. The van der Waals surface area contributed by atoms with Gasteiger partial charge >= 0.3 is 0 Å². The molecule has 74 valence electrons. The summed E-state index contributed by atoms with van der Waals surface area (Å²) in [5.74, 6) is 0.691. The van der Waals surface area contributed by atoms with E-state index >= 15 is 0 Å². The number of aldehydes is 1. The number of halogens is 2. The molecule has 0 aliphatic rings. The van der Waals surface area contributed by atoms with Gasteiger partial charge in [0.15, 0.2) is 0 Å². The predicted molar refractivity (Wildman–Crippen MR) is 63.1 cm³/mol. The fourth-order valence-corrected chi connectivity index (χ4v) is 1.49. The van der Waals surface area contributed by atoms with Crippen LogP contribution in [0.2, 0.25) is 0 Å². The molecule has 0 amide bonds. The highest BCUT2D eigenvalue weighted by molar-refractivity contribution is 9.11. The molecule has 0 aliphatic heterocycles. The summed E-state index contributed by atoms with van der Waals surface area (Å²) in [6, 6.07) is 5.15. The summed E-state index contributed by atoms with van der Waals surface area (Å²) >= 11 is 6.50. The number of rotatable bonds is 4. The van der Waals surface area contributed by atoms with Crippen LogP contribution in [0, 0.1) is 0 Å². The minimum absolute atomic E-state index is 0.402. The molecular weight excluding hydrogens is 312 g/mol. The van der Waals surface area contributed by atoms with Crippen LogP contribution in [-0.4, -0.2) is 12.9 Å². The average molecular weight is 320 g/mol. The molecular formula is C10H8Br2O2. The van der Waals surface area contributed by atoms with E-state index in [-0.39, 0.29) is 0 Å². The van der Waals surface area contributed by atoms with E-state index in [0.29, 0.717) is 17.9 Å². The SMILES string of the molecule is C=C(Br)COc1ccc(C=O)cc1Br. The van der Waals surface area contributed by atoms with Crippen molar-refractivity contribution in [2.24, 2.45) is 0 Å². The third kappa shape index (κ3) is 3.27. The number of hydrogen-bond donors (Lipinski definition) is 0. The maximum Gasteiger partial charge on any atom is 0.150 e. The molecule has 0 fully saturated rings. The Morgan fingerprint density at radius 1 is 1.57 bits per heavy atom. The van der Waals surface area contributed by atoms with E-state index in [0.717, 1.165) is 15.2 Å². The quantitative estimate of drug-likeness (QED) is 0.793. The lowest BCUT2D eigenvalue weighted by Gasteiger charge is -2.07. The molecule has 0 saturated heterocycles. The van der Waals surface area contributed by atoms with Gasteiger partial charge in [-0.3, -0.25) is 4.79 Å². The molecule has 0 N–H and O–H groups in total. The van der Waals surface area contributed by atoms with Gasteiger partial charge in [0, 0.05) is 10.0 Å². The molecule has 0 spiro atoms. The molecule has 2 nitrogen and oxygen atoms in total. The molecule has 1 rings (SSSR count). The van der Waals surface area contributed by atoms with Gasteiger partial charge in [0.2, 0.25) is 0 Å². The molecule has 0 aliphatic carbocycles. The van der Waals surface area contributed by atoms with Crippen LogP contribution in [0.5, 0.6) is 5.75 Å². The summed E-state index contributed by atoms with van der Waals surface area (Å²) in [6.07, 6.45) is 0.790. The zero-order valence-electron chi connectivity index (χ0n) is 7.30. The molecule has 14 heavy (non-hydrogen) atoms. The second-order valence-electron chi connectivity index (χ2n) is 2.61. The Morgan fingerprint density at radius 3 is 2.79 bits per heavy atom. The Balaban J connectivity index is 2.78. The minimum atomic E-state index is 0.402. The van der Waals surface area contributed by atoms with Gasteiger partial charge in [0.25, 0.3) is 0 Å². The monoisotopic (exact) mass is 318 g/mol. The van der Waals surface area contributed by atoms with Crippen LogP contribution in [0.4, 0.5) is 0 Å². The van der Waals surface area contributed by atoms with Crippen molar-refractivity contribution in [1.82, 2.24) is 0 Å². The Labute approximate surface area is 99.2 Å². The van der Waals surface area contributed by atoms with Crippen LogP contribution in [0.3, 0.4) is 0 Å². The second kappa shape index (κ2) is 5.32. The summed E-state index contributed by atoms with van der Waals surface area (Å²) in [5.41, 5.74) is 0.613.